The average Bonchev–Trinajstić information content (AvgIpc) is 2.68. The predicted octanol–water partition coefficient (Wildman–Crippen LogP) is 0.654. The highest BCUT2D eigenvalue weighted by Gasteiger charge is 2.39. The summed E-state index contributed by atoms with van der Waals surface area (Å²) in [6.07, 6.45) is 3.33. The number of aliphatic hydroxyl groups excluding tert-OH is 1. The topological polar surface area (TPSA) is 105 Å². The van der Waals surface area contributed by atoms with Crippen LogP contribution in [0.3, 0.4) is 0 Å². The molecule has 0 aromatic carbocycles. The van der Waals surface area contributed by atoms with Gasteiger partial charge in [0.2, 0.25) is 5.91 Å². The molecule has 2 unspecified atom stereocenters. The van der Waals surface area contributed by atoms with Gasteiger partial charge < -0.3 is 24.7 Å². The molecule has 3 rings (SSSR count). The highest BCUT2D eigenvalue weighted by molar-refractivity contribution is 5.93. The second-order valence-electron chi connectivity index (χ2n) is 7.11. The zero-order valence-corrected chi connectivity index (χ0v) is 16.0. The third-order valence-electron chi connectivity index (χ3n) is 5.38. The van der Waals surface area contributed by atoms with E-state index in [-0.39, 0.29) is 24.5 Å². The highest BCUT2D eigenvalue weighted by atomic mass is 16.5. The first-order chi connectivity index (χ1) is 13.5. The Bertz CT molecular complexity index is 733. The molecule has 1 fully saturated rings. The Kier molecular flexibility index (Phi) is 6.64. The zero-order chi connectivity index (χ0) is 20.1. The van der Waals surface area contributed by atoms with Crippen molar-refractivity contribution in [2.75, 3.05) is 39.4 Å². The quantitative estimate of drug-likeness (QED) is 0.486. The Morgan fingerprint density at radius 3 is 2.82 bits per heavy atom. The number of morpholine rings is 1. The average molecular weight is 390 g/mol. The summed E-state index contributed by atoms with van der Waals surface area (Å²) >= 11 is 0. The van der Waals surface area contributed by atoms with Gasteiger partial charge in [0.05, 0.1) is 13.2 Å². The Labute approximate surface area is 163 Å². The number of aliphatic hydroxyl groups is 1. The first kappa shape index (κ1) is 20.3. The first-order valence-electron chi connectivity index (χ1n) is 9.55. The maximum atomic E-state index is 12.4. The Morgan fingerprint density at radius 1 is 1.36 bits per heavy atom. The van der Waals surface area contributed by atoms with Crippen molar-refractivity contribution in [2.45, 2.75) is 25.9 Å². The number of carbonyl (C=O) groups excluding carboxylic acids is 3. The molecule has 28 heavy (non-hydrogen) atoms. The number of amides is 1. The van der Waals surface area contributed by atoms with E-state index in [4.69, 9.17) is 9.47 Å². The molecule has 1 amide bonds. The van der Waals surface area contributed by atoms with Crippen LogP contribution in [0.5, 0.6) is 0 Å². The van der Waals surface area contributed by atoms with Crippen molar-refractivity contribution in [3.05, 3.63) is 34.6 Å². The smallest absolute Gasteiger partial charge is 0.334 e. The van der Waals surface area contributed by atoms with Gasteiger partial charge in [-0.1, -0.05) is 6.08 Å². The van der Waals surface area contributed by atoms with Gasteiger partial charge in [-0.3, -0.25) is 9.69 Å². The van der Waals surface area contributed by atoms with Crippen molar-refractivity contribution in [2.24, 2.45) is 5.92 Å². The van der Waals surface area contributed by atoms with Crippen LogP contribution in [0.15, 0.2) is 34.6 Å². The zero-order valence-electron chi connectivity index (χ0n) is 16.0. The van der Waals surface area contributed by atoms with Crippen LogP contribution in [0.4, 0.5) is 0 Å². The van der Waals surface area contributed by atoms with Crippen molar-refractivity contribution < 1.29 is 29.0 Å². The van der Waals surface area contributed by atoms with Crippen LogP contribution in [-0.4, -0.2) is 73.7 Å². The van der Waals surface area contributed by atoms with E-state index in [1.165, 1.54) is 6.08 Å². The van der Waals surface area contributed by atoms with Gasteiger partial charge in [0.1, 0.15) is 24.1 Å². The van der Waals surface area contributed by atoms with Crippen LogP contribution in [0, 0.1) is 5.92 Å². The molecule has 2 aliphatic heterocycles. The number of allylic oxidation sites excluding steroid dienone is 2. The van der Waals surface area contributed by atoms with Crippen LogP contribution in [0.1, 0.15) is 19.8 Å². The largest absolute Gasteiger partial charge is 0.511 e. The van der Waals surface area contributed by atoms with E-state index in [9.17, 15) is 19.5 Å². The number of aldehydes is 1. The van der Waals surface area contributed by atoms with Gasteiger partial charge in [-0.15, -0.1) is 0 Å². The van der Waals surface area contributed by atoms with Gasteiger partial charge in [0.15, 0.2) is 0 Å². The summed E-state index contributed by atoms with van der Waals surface area (Å²) in [5.74, 6) is -1.66. The van der Waals surface area contributed by atoms with Crippen molar-refractivity contribution >= 4 is 18.2 Å². The minimum Gasteiger partial charge on any atom is -0.511 e. The molecule has 1 aliphatic carbocycles. The molecule has 8 nitrogen and oxygen atoms in total. The number of fused-ring (bicyclic) bond motifs is 1. The second-order valence-corrected chi connectivity index (χ2v) is 7.11. The van der Waals surface area contributed by atoms with Crippen molar-refractivity contribution in [1.29, 1.82) is 0 Å². The molecule has 0 bridgehead atoms. The number of esters is 1. The molecule has 8 heteroatoms. The van der Waals surface area contributed by atoms with E-state index in [2.05, 4.69) is 10.2 Å². The summed E-state index contributed by atoms with van der Waals surface area (Å²) in [6, 6.07) is 0. The fourth-order valence-electron chi connectivity index (χ4n) is 3.65. The maximum absolute atomic E-state index is 12.4. The summed E-state index contributed by atoms with van der Waals surface area (Å²) in [6.45, 7) is 6.29. The van der Waals surface area contributed by atoms with E-state index in [0.29, 0.717) is 29.6 Å². The molecule has 152 valence electrons. The first-order valence-corrected chi connectivity index (χ1v) is 9.55. The molecule has 0 aromatic rings. The number of hydrogen-bond donors (Lipinski definition) is 2. The minimum absolute atomic E-state index is 0.118. The summed E-state index contributed by atoms with van der Waals surface area (Å²) in [5.41, 5.74) is 1.83. The Balaban J connectivity index is 1.54. The van der Waals surface area contributed by atoms with Crippen LogP contribution < -0.4 is 5.32 Å². The summed E-state index contributed by atoms with van der Waals surface area (Å²) in [5, 5.41) is 12.7. The molecule has 0 saturated carbocycles. The Morgan fingerprint density at radius 2 is 2.11 bits per heavy atom. The summed E-state index contributed by atoms with van der Waals surface area (Å²) in [7, 11) is 0. The number of nitrogens with one attached hydrogen (secondary N) is 1. The SMILES string of the molecule is CC1=C(CCC(=O)NCCN2CCOCC2)C(=O)OC2C1=CC=C(O)C2C=O. The highest BCUT2D eigenvalue weighted by Crippen LogP contribution is 2.36. The van der Waals surface area contributed by atoms with E-state index in [1.807, 2.05) is 0 Å². The third kappa shape index (κ3) is 4.51. The van der Waals surface area contributed by atoms with Crippen LogP contribution >= 0.6 is 0 Å². The van der Waals surface area contributed by atoms with Gasteiger partial charge in [0, 0.05) is 38.2 Å². The summed E-state index contributed by atoms with van der Waals surface area (Å²) < 4.78 is 10.7. The third-order valence-corrected chi connectivity index (χ3v) is 5.38. The van der Waals surface area contributed by atoms with Gasteiger partial charge in [0.25, 0.3) is 0 Å². The van der Waals surface area contributed by atoms with E-state index in [1.54, 1.807) is 13.0 Å². The fraction of sp³-hybridized carbons (Fsp3) is 0.550. The molecule has 1 saturated heterocycles. The lowest BCUT2D eigenvalue weighted by atomic mass is 9.82. The number of rotatable bonds is 7. The summed E-state index contributed by atoms with van der Waals surface area (Å²) in [4.78, 5) is 38.0. The van der Waals surface area contributed by atoms with Gasteiger partial charge >= 0.3 is 5.97 Å². The molecule has 0 radical (unpaired) electrons. The molecule has 2 N–H and O–H groups in total. The van der Waals surface area contributed by atoms with Gasteiger partial charge in [-0.05, 0) is 30.6 Å². The Hall–Kier alpha value is -2.45. The predicted molar refractivity (Wildman–Crippen MR) is 100 cm³/mol. The van der Waals surface area contributed by atoms with Crippen molar-refractivity contribution in [1.82, 2.24) is 10.2 Å². The standard InChI is InChI=1S/C20H26N2O6/c1-13-14-2-4-17(24)16(12-23)19(14)28-20(26)15(13)3-5-18(25)21-6-7-22-8-10-27-11-9-22/h2,4,12,16,19,24H,3,5-11H2,1H3,(H,21,25). The number of hydrogen-bond acceptors (Lipinski definition) is 7. The van der Waals surface area contributed by atoms with E-state index < -0.39 is 18.0 Å². The number of carbonyl (C=O) groups is 3. The minimum atomic E-state index is -0.885. The maximum Gasteiger partial charge on any atom is 0.334 e. The number of nitrogens with zero attached hydrogens (tertiary/aromatic N) is 1. The normalized spacial score (nSPS) is 25.4. The lowest BCUT2D eigenvalue weighted by Gasteiger charge is -2.33. The van der Waals surface area contributed by atoms with Crippen LogP contribution in [-0.2, 0) is 23.9 Å². The molecule has 3 aliphatic rings. The fourth-order valence-corrected chi connectivity index (χ4v) is 3.65. The molecular formula is C20H26N2O6. The monoisotopic (exact) mass is 390 g/mol. The van der Waals surface area contributed by atoms with E-state index in [0.717, 1.165) is 32.8 Å². The lowest BCUT2D eigenvalue weighted by molar-refractivity contribution is -0.146. The van der Waals surface area contributed by atoms with Gasteiger partial charge in [-0.2, -0.15) is 0 Å². The van der Waals surface area contributed by atoms with Crippen LogP contribution in [0.25, 0.3) is 0 Å². The number of ether oxygens (including phenoxy) is 2. The van der Waals surface area contributed by atoms with Crippen LogP contribution in [0.2, 0.25) is 0 Å². The molecule has 2 heterocycles. The lowest BCUT2D eigenvalue weighted by Crippen LogP contribution is -2.41. The van der Waals surface area contributed by atoms with E-state index >= 15 is 0 Å². The van der Waals surface area contributed by atoms with Crippen molar-refractivity contribution in [3.8, 4) is 0 Å². The molecular weight excluding hydrogens is 364 g/mol. The molecule has 2 atom stereocenters. The molecule has 0 spiro atoms. The second kappa shape index (κ2) is 9.16. The van der Waals surface area contributed by atoms with Crippen molar-refractivity contribution in [3.63, 3.8) is 0 Å². The van der Waals surface area contributed by atoms with Gasteiger partial charge in [-0.25, -0.2) is 4.79 Å². The molecule has 0 aromatic heterocycles.